The molecule has 0 saturated heterocycles. The van der Waals surface area contributed by atoms with Crippen LogP contribution in [0, 0.1) is 0 Å². The Bertz CT molecular complexity index is 987. The zero-order valence-corrected chi connectivity index (χ0v) is 13.3. The van der Waals surface area contributed by atoms with Crippen LogP contribution in [-0.2, 0) is 0 Å². The number of fused-ring (bicyclic) bond motifs is 1. The molecule has 4 heteroatoms. The van der Waals surface area contributed by atoms with Crippen molar-refractivity contribution in [1.82, 2.24) is 9.97 Å². The summed E-state index contributed by atoms with van der Waals surface area (Å²) in [6.07, 6.45) is 0. The zero-order chi connectivity index (χ0) is 15.6. The van der Waals surface area contributed by atoms with Crippen LogP contribution < -0.4 is 24.0 Å². The molecule has 0 atom stereocenters. The van der Waals surface area contributed by atoms with E-state index in [1.54, 1.807) is 12.1 Å². The second-order valence-corrected chi connectivity index (χ2v) is 5.28. The first-order valence-corrected chi connectivity index (χ1v) is 7.41. The van der Waals surface area contributed by atoms with Gasteiger partial charge >= 0.3 is 18.9 Å². The largest absolute Gasteiger partial charge is 1.00 e. The molecule has 0 bridgehead atoms. The number of hydrogen-bond acceptors (Lipinski definition) is 3. The molecule has 3 aromatic carbocycles. The summed E-state index contributed by atoms with van der Waals surface area (Å²) in [5, 5.41) is 13.1. The third-order valence-corrected chi connectivity index (χ3v) is 3.78. The maximum Gasteiger partial charge on any atom is 1.00 e. The number of para-hydroxylation sites is 2. The normalized spacial score (nSPS) is 10.3. The molecule has 0 unspecified atom stereocenters. The molecule has 0 saturated carbocycles. The summed E-state index contributed by atoms with van der Waals surface area (Å²) in [6, 6.07) is 24.7. The number of benzene rings is 3. The minimum atomic E-state index is -0.0678. The summed E-state index contributed by atoms with van der Waals surface area (Å²) in [5.41, 5.74) is 3.21. The van der Waals surface area contributed by atoms with Gasteiger partial charge in [-0.25, -0.2) is 9.97 Å². The molecule has 3 nitrogen and oxygen atoms in total. The molecule has 4 rings (SSSR count). The Morgan fingerprint density at radius 2 is 1.33 bits per heavy atom. The summed E-state index contributed by atoms with van der Waals surface area (Å²) in [7, 11) is 0. The van der Waals surface area contributed by atoms with E-state index in [1.807, 2.05) is 60.7 Å². The van der Waals surface area contributed by atoms with Crippen LogP contribution in [-0.4, -0.2) is 9.97 Å². The van der Waals surface area contributed by atoms with Gasteiger partial charge in [0.2, 0.25) is 0 Å². The standard InChI is InChI=1S/C20H14N2O.Li/c23-18-13-7-5-11-16(18)20-21-17-12-6-4-10-15(17)19(22-20)14-8-2-1-3-9-14;/h1-13,23H;/q;+1/p-1. The molecule has 4 aromatic rings. The average molecular weight is 304 g/mol. The minimum absolute atomic E-state index is 0. The van der Waals surface area contributed by atoms with Crippen LogP contribution in [0.1, 0.15) is 0 Å². The maximum absolute atomic E-state index is 12.1. The quantitative estimate of drug-likeness (QED) is 0.520. The molecule has 0 amide bonds. The summed E-state index contributed by atoms with van der Waals surface area (Å²) >= 11 is 0. The molecule has 24 heavy (non-hydrogen) atoms. The summed E-state index contributed by atoms with van der Waals surface area (Å²) in [5.74, 6) is 0.398. The second-order valence-electron chi connectivity index (χ2n) is 5.28. The van der Waals surface area contributed by atoms with E-state index < -0.39 is 0 Å². The van der Waals surface area contributed by atoms with Gasteiger partial charge in [-0.1, -0.05) is 78.5 Å². The molecule has 110 valence electrons. The van der Waals surface area contributed by atoms with Crippen molar-refractivity contribution in [3.63, 3.8) is 0 Å². The van der Waals surface area contributed by atoms with E-state index in [-0.39, 0.29) is 24.6 Å². The van der Waals surface area contributed by atoms with Gasteiger partial charge in [-0.05, 0) is 6.07 Å². The fourth-order valence-electron chi connectivity index (χ4n) is 2.66. The first-order chi connectivity index (χ1) is 11.3. The number of aromatic nitrogens is 2. The molecule has 0 aliphatic carbocycles. The van der Waals surface area contributed by atoms with E-state index in [2.05, 4.69) is 4.98 Å². The van der Waals surface area contributed by atoms with Gasteiger partial charge in [0.1, 0.15) is 0 Å². The van der Waals surface area contributed by atoms with Gasteiger partial charge in [-0.15, -0.1) is 0 Å². The molecule has 0 aliphatic rings. The molecule has 1 heterocycles. The first-order valence-electron chi connectivity index (χ1n) is 7.41. The predicted octanol–water partition coefficient (Wildman–Crippen LogP) is 1.04. The van der Waals surface area contributed by atoms with Gasteiger partial charge in [0.05, 0.1) is 11.2 Å². The third kappa shape index (κ3) is 2.92. The van der Waals surface area contributed by atoms with Crippen molar-refractivity contribution in [3.8, 4) is 28.4 Å². The predicted molar refractivity (Wildman–Crippen MR) is 89.9 cm³/mol. The van der Waals surface area contributed by atoms with Crippen molar-refractivity contribution in [2.24, 2.45) is 0 Å². The van der Waals surface area contributed by atoms with Crippen molar-refractivity contribution >= 4 is 10.9 Å². The molecule has 1 aromatic heterocycles. The fourth-order valence-corrected chi connectivity index (χ4v) is 2.66. The van der Waals surface area contributed by atoms with Crippen LogP contribution in [0.25, 0.3) is 33.5 Å². The van der Waals surface area contributed by atoms with E-state index in [1.165, 1.54) is 6.07 Å². The van der Waals surface area contributed by atoms with E-state index in [0.29, 0.717) is 11.4 Å². The van der Waals surface area contributed by atoms with Gasteiger partial charge in [-0.3, -0.25) is 0 Å². The van der Waals surface area contributed by atoms with E-state index in [9.17, 15) is 5.11 Å². The molecule has 0 radical (unpaired) electrons. The van der Waals surface area contributed by atoms with Crippen molar-refractivity contribution in [1.29, 1.82) is 0 Å². The molecule has 0 N–H and O–H groups in total. The molecular formula is C20H13LiN2O. The Morgan fingerprint density at radius 3 is 2.12 bits per heavy atom. The van der Waals surface area contributed by atoms with Crippen LogP contribution >= 0.6 is 0 Å². The van der Waals surface area contributed by atoms with Gasteiger partial charge in [0.25, 0.3) is 0 Å². The first kappa shape index (κ1) is 16.3. The van der Waals surface area contributed by atoms with Crippen LogP contribution in [0.3, 0.4) is 0 Å². The molecule has 0 fully saturated rings. The number of rotatable bonds is 2. The Balaban J connectivity index is 0.00000169. The van der Waals surface area contributed by atoms with Crippen LogP contribution in [0.15, 0.2) is 78.9 Å². The zero-order valence-electron chi connectivity index (χ0n) is 13.3. The Morgan fingerprint density at radius 1 is 0.667 bits per heavy atom. The van der Waals surface area contributed by atoms with Gasteiger partial charge < -0.3 is 5.11 Å². The van der Waals surface area contributed by atoms with Crippen LogP contribution in [0.2, 0.25) is 0 Å². The van der Waals surface area contributed by atoms with Crippen LogP contribution in [0.4, 0.5) is 0 Å². The summed E-state index contributed by atoms with van der Waals surface area (Å²) in [4.78, 5) is 9.27. The van der Waals surface area contributed by atoms with Crippen molar-refractivity contribution in [2.45, 2.75) is 0 Å². The second kappa shape index (κ2) is 6.88. The molecule has 0 spiro atoms. The topological polar surface area (TPSA) is 48.8 Å². The third-order valence-electron chi connectivity index (χ3n) is 3.78. The van der Waals surface area contributed by atoms with Crippen molar-refractivity contribution in [2.75, 3.05) is 0 Å². The Hall–Kier alpha value is -2.60. The fraction of sp³-hybridized carbons (Fsp3) is 0. The number of hydrogen-bond donors (Lipinski definition) is 0. The Labute approximate surface area is 152 Å². The average Bonchev–Trinajstić information content (AvgIpc) is 2.62. The van der Waals surface area contributed by atoms with Crippen LogP contribution in [0.5, 0.6) is 5.75 Å². The summed E-state index contributed by atoms with van der Waals surface area (Å²) in [6.45, 7) is 0. The van der Waals surface area contributed by atoms with E-state index >= 15 is 0 Å². The summed E-state index contributed by atoms with van der Waals surface area (Å²) < 4.78 is 0. The SMILES string of the molecule is [Li+].[O-]c1ccccc1-c1nc(-c2ccccc2)c2ccccc2n1. The smallest absolute Gasteiger partial charge is 0.872 e. The monoisotopic (exact) mass is 304 g/mol. The van der Waals surface area contributed by atoms with Gasteiger partial charge in [0, 0.05) is 16.5 Å². The minimum Gasteiger partial charge on any atom is -0.872 e. The van der Waals surface area contributed by atoms with Gasteiger partial charge in [0.15, 0.2) is 5.82 Å². The maximum atomic E-state index is 12.1. The van der Waals surface area contributed by atoms with E-state index in [4.69, 9.17) is 4.98 Å². The molecular weight excluding hydrogens is 291 g/mol. The number of nitrogens with zero attached hydrogens (tertiary/aromatic N) is 2. The Kier molecular flexibility index (Phi) is 4.66. The van der Waals surface area contributed by atoms with Crippen molar-refractivity contribution in [3.05, 3.63) is 78.9 Å². The molecule has 0 aliphatic heterocycles. The van der Waals surface area contributed by atoms with Gasteiger partial charge in [-0.2, -0.15) is 0 Å². The van der Waals surface area contributed by atoms with E-state index in [0.717, 1.165) is 22.2 Å². The van der Waals surface area contributed by atoms with Crippen molar-refractivity contribution < 1.29 is 24.0 Å².